The van der Waals surface area contributed by atoms with Gasteiger partial charge in [0.15, 0.2) is 0 Å². The third-order valence-corrected chi connectivity index (χ3v) is 5.97. The van der Waals surface area contributed by atoms with Gasteiger partial charge in [0.25, 0.3) is 0 Å². The topological polar surface area (TPSA) is 48.0 Å². The van der Waals surface area contributed by atoms with Gasteiger partial charge in [0, 0.05) is 22.7 Å². The van der Waals surface area contributed by atoms with Crippen LogP contribution >= 0.6 is 0 Å². The lowest BCUT2D eigenvalue weighted by atomic mass is 10.1. The van der Waals surface area contributed by atoms with E-state index in [9.17, 15) is 0 Å². The maximum Gasteiger partial charge on any atom is 0.139 e. The van der Waals surface area contributed by atoms with Crippen molar-refractivity contribution in [2.24, 2.45) is 0 Å². The fourth-order valence-corrected chi connectivity index (χ4v) is 4.43. The van der Waals surface area contributed by atoms with Crippen LogP contribution in [0.25, 0.3) is 11.0 Å². The lowest BCUT2D eigenvalue weighted by molar-refractivity contribution is 0.958. The minimum Gasteiger partial charge on any atom is -0.308 e. The largest absolute Gasteiger partial charge is 0.308 e. The first kappa shape index (κ1) is 20.7. The van der Waals surface area contributed by atoms with E-state index in [0.717, 1.165) is 45.2 Å². The molecule has 0 aliphatic rings. The monoisotopic (exact) mass is 453 g/mol. The first-order valence-electron chi connectivity index (χ1n) is 11.5. The van der Waals surface area contributed by atoms with E-state index in [4.69, 9.17) is 0 Å². The molecule has 0 fully saturated rings. The van der Waals surface area contributed by atoms with E-state index in [-0.39, 0.29) is 0 Å². The molecule has 0 aliphatic heterocycles. The highest BCUT2D eigenvalue weighted by Crippen LogP contribution is 2.43. The second-order valence-corrected chi connectivity index (χ2v) is 8.14. The van der Waals surface area contributed by atoms with Gasteiger partial charge >= 0.3 is 0 Å². The summed E-state index contributed by atoms with van der Waals surface area (Å²) in [5, 5.41) is 12.1. The summed E-state index contributed by atoms with van der Waals surface area (Å²) in [4.78, 5) is 4.42. The van der Waals surface area contributed by atoms with Gasteiger partial charge in [-0.2, -0.15) is 15.4 Å². The highest BCUT2D eigenvalue weighted by Gasteiger charge is 2.22. The van der Waals surface area contributed by atoms with Crippen molar-refractivity contribution in [3.63, 3.8) is 0 Å². The number of nitrogens with one attached hydrogen (secondary N) is 1. The molecule has 0 radical (unpaired) electrons. The van der Waals surface area contributed by atoms with Gasteiger partial charge in [0.2, 0.25) is 0 Å². The molecule has 0 amide bonds. The van der Waals surface area contributed by atoms with Crippen LogP contribution in [0.15, 0.2) is 133 Å². The molecule has 0 atom stereocenters. The first-order valence-corrected chi connectivity index (χ1v) is 11.5. The Morgan fingerprint density at radius 1 is 0.371 bits per heavy atom. The highest BCUT2D eigenvalue weighted by molar-refractivity contribution is 6.03. The van der Waals surface area contributed by atoms with Crippen LogP contribution in [0.3, 0.4) is 0 Å². The molecule has 0 spiro atoms. The minimum atomic E-state index is 0.798. The van der Waals surface area contributed by atoms with Gasteiger partial charge in [-0.15, -0.1) is 0 Å². The standard InChI is InChI=1S/C30H23N5/c1-5-13-23(14-6-1)34(24-15-7-2-8-16-24)27-21-22-28(30-29(27)31-33-32-30)35(25-17-9-3-10-18-25)26-19-11-4-12-20-26/h1-22H,(H,31,32,33). The summed E-state index contributed by atoms with van der Waals surface area (Å²) in [5.74, 6) is 0. The van der Waals surface area contributed by atoms with E-state index >= 15 is 0 Å². The van der Waals surface area contributed by atoms with Crippen LogP contribution in [-0.2, 0) is 0 Å². The Bertz CT molecular complexity index is 1340. The average molecular weight is 454 g/mol. The van der Waals surface area contributed by atoms with Crippen LogP contribution in [0.2, 0.25) is 0 Å². The van der Waals surface area contributed by atoms with Crippen molar-refractivity contribution in [1.29, 1.82) is 0 Å². The Morgan fingerprint density at radius 3 is 0.943 bits per heavy atom. The van der Waals surface area contributed by atoms with Gasteiger partial charge in [-0.05, 0) is 60.7 Å². The molecule has 5 heteroatoms. The molecule has 0 saturated heterocycles. The number of aromatic amines is 1. The first-order chi connectivity index (χ1) is 17.4. The summed E-state index contributed by atoms with van der Waals surface area (Å²) in [7, 11) is 0. The SMILES string of the molecule is c1ccc(N(c2ccccc2)c2ccc(N(c3ccccc3)c3ccccc3)c3n[nH]nc23)cc1. The number of fused-ring (bicyclic) bond motifs is 1. The molecule has 1 aromatic heterocycles. The Balaban J connectivity index is 1.57. The highest BCUT2D eigenvalue weighted by atomic mass is 15.3. The Hall–Kier alpha value is -4.90. The molecule has 1 heterocycles. The van der Waals surface area contributed by atoms with Gasteiger partial charge in [-0.1, -0.05) is 72.8 Å². The quantitative estimate of drug-likeness (QED) is 0.278. The number of aromatic nitrogens is 3. The predicted molar refractivity (Wildman–Crippen MR) is 143 cm³/mol. The van der Waals surface area contributed by atoms with Crippen LogP contribution in [0.1, 0.15) is 0 Å². The van der Waals surface area contributed by atoms with Crippen molar-refractivity contribution >= 4 is 45.2 Å². The summed E-state index contributed by atoms with van der Waals surface area (Å²) in [6.07, 6.45) is 0. The number of hydrogen-bond donors (Lipinski definition) is 1. The van der Waals surface area contributed by atoms with Gasteiger partial charge in [-0.25, -0.2) is 0 Å². The second kappa shape index (κ2) is 9.15. The van der Waals surface area contributed by atoms with E-state index < -0.39 is 0 Å². The molecule has 0 unspecified atom stereocenters. The van der Waals surface area contributed by atoms with E-state index in [1.54, 1.807) is 0 Å². The third-order valence-electron chi connectivity index (χ3n) is 5.97. The molecule has 0 aliphatic carbocycles. The molecule has 1 N–H and O–H groups in total. The maximum atomic E-state index is 4.62. The fraction of sp³-hybridized carbons (Fsp3) is 0. The smallest absolute Gasteiger partial charge is 0.139 e. The van der Waals surface area contributed by atoms with E-state index in [1.165, 1.54) is 0 Å². The number of benzene rings is 5. The second-order valence-electron chi connectivity index (χ2n) is 8.14. The number of rotatable bonds is 6. The summed E-state index contributed by atoms with van der Waals surface area (Å²) < 4.78 is 0. The number of H-pyrrole nitrogens is 1. The summed E-state index contributed by atoms with van der Waals surface area (Å²) in [6.45, 7) is 0. The number of anilines is 6. The van der Waals surface area contributed by atoms with Crippen LogP contribution in [0.4, 0.5) is 34.1 Å². The zero-order chi connectivity index (χ0) is 23.5. The number of para-hydroxylation sites is 4. The fourth-order valence-electron chi connectivity index (χ4n) is 4.43. The predicted octanol–water partition coefficient (Wildman–Crippen LogP) is 7.90. The van der Waals surface area contributed by atoms with Crippen molar-refractivity contribution in [3.05, 3.63) is 133 Å². The molecule has 6 aromatic rings. The molecule has 168 valence electrons. The zero-order valence-corrected chi connectivity index (χ0v) is 19.0. The number of nitrogens with zero attached hydrogens (tertiary/aromatic N) is 4. The molecule has 5 aromatic carbocycles. The summed E-state index contributed by atoms with van der Waals surface area (Å²) in [5.41, 5.74) is 7.72. The minimum absolute atomic E-state index is 0.798. The normalized spacial score (nSPS) is 10.9. The summed E-state index contributed by atoms with van der Waals surface area (Å²) >= 11 is 0. The molecule has 6 rings (SSSR count). The number of hydrogen-bond acceptors (Lipinski definition) is 4. The van der Waals surface area contributed by atoms with Crippen LogP contribution in [0, 0.1) is 0 Å². The molecule has 35 heavy (non-hydrogen) atoms. The van der Waals surface area contributed by atoms with Gasteiger partial charge in [0.05, 0.1) is 11.4 Å². The van der Waals surface area contributed by atoms with Crippen molar-refractivity contribution < 1.29 is 0 Å². The molecule has 5 nitrogen and oxygen atoms in total. The van der Waals surface area contributed by atoms with Gasteiger partial charge in [-0.3, -0.25) is 0 Å². The molecular formula is C30H23N5. The maximum absolute atomic E-state index is 4.62. The van der Waals surface area contributed by atoms with E-state index in [2.05, 4.69) is 85.9 Å². The Morgan fingerprint density at radius 2 is 0.657 bits per heavy atom. The van der Waals surface area contributed by atoms with E-state index in [0.29, 0.717) is 0 Å². The molecule has 0 bridgehead atoms. The Kier molecular flexibility index (Phi) is 5.41. The van der Waals surface area contributed by atoms with Crippen LogP contribution < -0.4 is 9.80 Å². The van der Waals surface area contributed by atoms with Gasteiger partial charge < -0.3 is 9.80 Å². The zero-order valence-electron chi connectivity index (χ0n) is 19.0. The van der Waals surface area contributed by atoms with Gasteiger partial charge in [0.1, 0.15) is 11.0 Å². The van der Waals surface area contributed by atoms with Crippen LogP contribution in [0.5, 0.6) is 0 Å². The van der Waals surface area contributed by atoms with Crippen molar-refractivity contribution in [2.75, 3.05) is 9.80 Å². The van der Waals surface area contributed by atoms with Crippen LogP contribution in [-0.4, -0.2) is 15.4 Å². The lowest BCUT2D eigenvalue weighted by Gasteiger charge is -2.28. The average Bonchev–Trinajstić information content (AvgIpc) is 3.43. The lowest BCUT2D eigenvalue weighted by Crippen LogP contribution is -2.13. The van der Waals surface area contributed by atoms with Crippen molar-refractivity contribution in [1.82, 2.24) is 15.4 Å². The van der Waals surface area contributed by atoms with Crippen molar-refractivity contribution in [3.8, 4) is 0 Å². The Labute approximate surface area is 203 Å². The third kappa shape index (κ3) is 3.89. The summed E-state index contributed by atoms with van der Waals surface area (Å²) in [6, 6.07) is 45.6. The molecular weight excluding hydrogens is 430 g/mol. The molecule has 0 saturated carbocycles. The van der Waals surface area contributed by atoms with Crippen molar-refractivity contribution in [2.45, 2.75) is 0 Å². The van der Waals surface area contributed by atoms with E-state index in [1.807, 2.05) is 72.8 Å².